The van der Waals surface area contributed by atoms with Gasteiger partial charge in [0.2, 0.25) is 0 Å². The van der Waals surface area contributed by atoms with E-state index in [1.54, 1.807) is 0 Å². The van der Waals surface area contributed by atoms with Gasteiger partial charge >= 0.3 is 39.3 Å². The zero-order valence-corrected chi connectivity index (χ0v) is 16.0. The van der Waals surface area contributed by atoms with Crippen molar-refractivity contribution in [2.75, 3.05) is 18.3 Å². The van der Waals surface area contributed by atoms with E-state index in [-0.39, 0.29) is 0 Å². The van der Waals surface area contributed by atoms with E-state index in [2.05, 4.69) is 3.63 Å². The van der Waals surface area contributed by atoms with Gasteiger partial charge in [0.05, 0.1) is 0 Å². The molecule has 30 heavy (non-hydrogen) atoms. The number of nitrogens with zero attached hydrogens (tertiary/aromatic N) is 2. The number of halogens is 11. The topological polar surface area (TPSA) is 90.9 Å². The molecule has 0 saturated carbocycles. The molecule has 0 saturated heterocycles. The standard InChI is InChI=1S/C12H9F11N2O3S2/c1-29(2,4-3-7(5-24)6-25)28-30(26,27)12(22,23)10(17,18)8(13,14)9(15,16)11(19,20)21/h3H,4H2,1-2H3. The van der Waals surface area contributed by atoms with Gasteiger partial charge in [-0.2, -0.15) is 67.2 Å². The van der Waals surface area contributed by atoms with Crippen molar-refractivity contribution in [2.45, 2.75) is 29.2 Å². The minimum Gasteiger partial charge on any atom is -0.215 e. The first kappa shape index (κ1) is 28.2. The third-order valence-corrected chi connectivity index (χ3v) is 7.07. The summed E-state index contributed by atoms with van der Waals surface area (Å²) in [5.74, 6) is -24.3. The Labute approximate surface area is 163 Å². The van der Waals surface area contributed by atoms with Crippen molar-refractivity contribution in [2.24, 2.45) is 0 Å². The molecule has 0 heterocycles. The Balaban J connectivity index is 6.25. The molecule has 0 amide bonds. The van der Waals surface area contributed by atoms with Crippen LogP contribution in [0.25, 0.3) is 0 Å². The van der Waals surface area contributed by atoms with E-state index in [1.165, 1.54) is 12.1 Å². The van der Waals surface area contributed by atoms with Crippen molar-refractivity contribution in [1.29, 1.82) is 10.5 Å². The summed E-state index contributed by atoms with van der Waals surface area (Å²) in [5, 5.41) is 9.68. The van der Waals surface area contributed by atoms with Gasteiger partial charge in [-0.25, -0.2) is 3.63 Å². The molecule has 0 aromatic carbocycles. The summed E-state index contributed by atoms with van der Waals surface area (Å²) < 4.78 is 169. The molecule has 0 aromatic rings. The minimum absolute atomic E-state index is 0.605. The van der Waals surface area contributed by atoms with E-state index in [4.69, 9.17) is 10.5 Å². The highest BCUT2D eigenvalue weighted by atomic mass is 32.3. The highest BCUT2D eigenvalue weighted by Gasteiger charge is 2.90. The number of rotatable bonds is 8. The Morgan fingerprint density at radius 3 is 1.57 bits per heavy atom. The highest BCUT2D eigenvalue weighted by molar-refractivity contribution is 8.32. The Kier molecular flexibility index (Phi) is 7.56. The third kappa shape index (κ3) is 4.75. The maximum Gasteiger partial charge on any atom is 0.460 e. The zero-order valence-electron chi connectivity index (χ0n) is 14.4. The Hall–Kier alpha value is -1.79. The largest absolute Gasteiger partial charge is 0.460 e. The fourth-order valence-electron chi connectivity index (χ4n) is 1.43. The molecule has 0 rings (SSSR count). The van der Waals surface area contributed by atoms with Crippen LogP contribution in [0.2, 0.25) is 0 Å². The van der Waals surface area contributed by atoms with Gasteiger partial charge in [0.15, 0.2) is 0 Å². The summed E-state index contributed by atoms with van der Waals surface area (Å²) in [6.07, 6.45) is -5.55. The van der Waals surface area contributed by atoms with Crippen LogP contribution in [0.15, 0.2) is 11.6 Å². The summed E-state index contributed by atoms with van der Waals surface area (Å²) in [6, 6.07) is 2.49. The van der Waals surface area contributed by atoms with Crippen LogP contribution in [0, 0.1) is 22.7 Å². The molecule has 18 heteroatoms. The number of alkyl halides is 11. The second-order valence-electron chi connectivity index (χ2n) is 5.70. The lowest BCUT2D eigenvalue weighted by Crippen LogP contribution is -2.68. The predicted octanol–water partition coefficient (Wildman–Crippen LogP) is 4.35. The number of hydrogen-bond donors (Lipinski definition) is 0. The van der Waals surface area contributed by atoms with Crippen molar-refractivity contribution < 1.29 is 60.3 Å². The van der Waals surface area contributed by atoms with Gasteiger partial charge in [-0.1, -0.05) is 0 Å². The van der Waals surface area contributed by atoms with Gasteiger partial charge in [-0.3, -0.25) is 0 Å². The van der Waals surface area contributed by atoms with E-state index in [0.717, 1.165) is 0 Å². The van der Waals surface area contributed by atoms with Crippen molar-refractivity contribution in [3.8, 4) is 12.1 Å². The van der Waals surface area contributed by atoms with Crippen molar-refractivity contribution in [1.82, 2.24) is 0 Å². The quantitative estimate of drug-likeness (QED) is 0.364. The van der Waals surface area contributed by atoms with Crippen molar-refractivity contribution in [3.63, 3.8) is 0 Å². The second kappa shape index (κ2) is 8.04. The van der Waals surface area contributed by atoms with Crippen LogP contribution in [0.3, 0.4) is 0 Å². The van der Waals surface area contributed by atoms with E-state index < -0.39 is 61.0 Å². The average molecular weight is 502 g/mol. The molecule has 5 nitrogen and oxygen atoms in total. The van der Waals surface area contributed by atoms with Gasteiger partial charge in [0.1, 0.15) is 17.7 Å². The van der Waals surface area contributed by atoms with Gasteiger partial charge < -0.3 is 0 Å². The fraction of sp³-hybridized carbons (Fsp3) is 0.667. The second-order valence-corrected chi connectivity index (χ2v) is 10.9. The molecular weight excluding hydrogens is 493 g/mol. The lowest BCUT2D eigenvalue weighted by atomic mass is 10.0. The summed E-state index contributed by atoms with van der Waals surface area (Å²) in [6.45, 7) is 0. The van der Waals surface area contributed by atoms with Gasteiger partial charge in [0.25, 0.3) is 0 Å². The monoisotopic (exact) mass is 502 g/mol. The Morgan fingerprint density at radius 2 is 1.23 bits per heavy atom. The SMILES string of the molecule is CS(C)(CC=C(C#N)C#N)OS(=O)(=O)C(F)(F)C(F)(F)C(F)(F)C(F)(F)C(F)(F)F. The summed E-state index contributed by atoms with van der Waals surface area (Å²) in [4.78, 5) is 0. The average Bonchev–Trinajstić information content (AvgIpc) is 2.52. The summed E-state index contributed by atoms with van der Waals surface area (Å²) in [7, 11) is -10.8. The molecule has 0 atom stereocenters. The lowest BCUT2D eigenvalue weighted by Gasteiger charge is -2.38. The minimum atomic E-state index is -7.91. The van der Waals surface area contributed by atoms with Crippen molar-refractivity contribution >= 4 is 20.4 Å². The lowest BCUT2D eigenvalue weighted by molar-refractivity contribution is -0.413. The molecule has 0 fully saturated rings. The first-order valence-corrected chi connectivity index (χ1v) is 10.7. The van der Waals surface area contributed by atoms with Crippen LogP contribution < -0.4 is 0 Å². The van der Waals surface area contributed by atoms with Crippen LogP contribution in [0.5, 0.6) is 0 Å². The van der Waals surface area contributed by atoms with Gasteiger partial charge in [-0.15, -0.1) is 10.3 Å². The summed E-state index contributed by atoms with van der Waals surface area (Å²) in [5.41, 5.74) is -0.718. The van der Waals surface area contributed by atoms with E-state index >= 15 is 0 Å². The normalized spacial score (nSPS) is 15.2. The first-order chi connectivity index (χ1) is 12.9. The molecule has 0 spiro atoms. The number of nitriles is 2. The van der Waals surface area contributed by atoms with Crippen molar-refractivity contribution in [3.05, 3.63) is 11.6 Å². The Bertz CT molecular complexity index is 865. The fourth-order valence-corrected chi connectivity index (χ4v) is 4.94. The zero-order chi connectivity index (χ0) is 24.6. The molecule has 0 aliphatic rings. The van der Waals surface area contributed by atoms with Crippen LogP contribution in [-0.2, 0) is 13.7 Å². The molecule has 0 bridgehead atoms. The highest BCUT2D eigenvalue weighted by Crippen LogP contribution is 2.59. The molecule has 0 N–H and O–H groups in total. The molecule has 174 valence electrons. The van der Waals surface area contributed by atoms with Crippen LogP contribution in [0.4, 0.5) is 48.3 Å². The molecule has 0 unspecified atom stereocenters. The van der Waals surface area contributed by atoms with E-state index in [0.29, 0.717) is 18.6 Å². The van der Waals surface area contributed by atoms with Gasteiger partial charge in [-0.05, 0) is 18.6 Å². The predicted molar refractivity (Wildman–Crippen MR) is 79.5 cm³/mol. The summed E-state index contributed by atoms with van der Waals surface area (Å²) >= 11 is 0. The maximum atomic E-state index is 13.7. The molecule has 0 aromatic heterocycles. The van der Waals surface area contributed by atoms with E-state index in [1.807, 2.05) is 0 Å². The van der Waals surface area contributed by atoms with Crippen LogP contribution >= 0.6 is 10.3 Å². The van der Waals surface area contributed by atoms with Crippen LogP contribution in [-0.4, -0.2) is 55.9 Å². The molecule has 0 aliphatic carbocycles. The van der Waals surface area contributed by atoms with Gasteiger partial charge in [0, 0.05) is 5.75 Å². The third-order valence-electron chi connectivity index (χ3n) is 3.03. The Morgan fingerprint density at radius 1 is 0.833 bits per heavy atom. The maximum absolute atomic E-state index is 13.7. The van der Waals surface area contributed by atoms with E-state index in [9.17, 15) is 56.7 Å². The molecular formula is C12H9F11N2O3S2. The molecule has 0 aliphatic heterocycles. The molecule has 0 radical (unpaired) electrons. The first-order valence-electron chi connectivity index (χ1n) is 6.70. The number of allylic oxidation sites excluding steroid dienone is 1. The smallest absolute Gasteiger partial charge is 0.215 e. The number of hydrogen-bond acceptors (Lipinski definition) is 5. The van der Waals surface area contributed by atoms with Crippen LogP contribution in [0.1, 0.15) is 0 Å².